The molecule has 1 unspecified atom stereocenters. The van der Waals surface area contributed by atoms with Gasteiger partial charge in [0.05, 0.1) is 24.2 Å². The molecular weight excluding hydrogens is 266 g/mol. The molecule has 0 aliphatic heterocycles. The minimum Gasteiger partial charge on any atom is -0.495 e. The van der Waals surface area contributed by atoms with Crippen LogP contribution in [0.5, 0.6) is 5.75 Å². The highest BCUT2D eigenvalue weighted by atomic mass is 16.5. The van der Waals surface area contributed by atoms with E-state index in [1.165, 1.54) is 0 Å². The molecule has 4 nitrogen and oxygen atoms in total. The molecule has 0 aliphatic carbocycles. The van der Waals surface area contributed by atoms with Gasteiger partial charge in [0, 0.05) is 5.39 Å². The Kier molecular flexibility index (Phi) is 3.66. The Morgan fingerprint density at radius 2 is 1.86 bits per heavy atom. The van der Waals surface area contributed by atoms with Gasteiger partial charge in [0.15, 0.2) is 0 Å². The van der Waals surface area contributed by atoms with Crippen LogP contribution in [0.4, 0.5) is 0 Å². The number of aromatic nitrogens is 1. The van der Waals surface area contributed by atoms with Crippen LogP contribution in [0.15, 0.2) is 30.5 Å². The molecule has 0 fully saturated rings. The fourth-order valence-electron chi connectivity index (χ4n) is 2.41. The number of ether oxygens (including phenoxy) is 1. The van der Waals surface area contributed by atoms with Crippen LogP contribution in [0.2, 0.25) is 0 Å². The average molecular weight is 287 g/mol. The van der Waals surface area contributed by atoms with Gasteiger partial charge in [0.1, 0.15) is 5.75 Å². The van der Waals surface area contributed by atoms with Crippen LogP contribution in [0.1, 0.15) is 33.3 Å². The number of fused-ring (bicyclic) bond motifs is 1. The van der Waals surface area contributed by atoms with Crippen LogP contribution in [-0.2, 0) is 10.2 Å². The molecule has 4 heteroatoms. The van der Waals surface area contributed by atoms with Gasteiger partial charge in [0.25, 0.3) is 0 Å². The van der Waals surface area contributed by atoms with E-state index in [2.05, 4.69) is 4.98 Å². The molecule has 0 bridgehead atoms. The van der Waals surface area contributed by atoms with Crippen LogP contribution >= 0.6 is 0 Å². The van der Waals surface area contributed by atoms with Crippen molar-refractivity contribution >= 4 is 16.9 Å². The van der Waals surface area contributed by atoms with Crippen molar-refractivity contribution in [3.8, 4) is 5.75 Å². The van der Waals surface area contributed by atoms with Crippen LogP contribution in [0.25, 0.3) is 10.9 Å². The summed E-state index contributed by atoms with van der Waals surface area (Å²) in [6, 6.07) is 7.47. The SMILES string of the molecule is COc1cnc2ccc(C(C)(C(=O)O)C(C)(C)C)cc2c1. The fraction of sp³-hybridized carbons (Fsp3) is 0.412. The Morgan fingerprint density at radius 1 is 1.19 bits per heavy atom. The van der Waals surface area contributed by atoms with Crippen molar-refractivity contribution in [1.82, 2.24) is 4.98 Å². The van der Waals surface area contributed by atoms with E-state index in [0.717, 1.165) is 16.5 Å². The fourth-order valence-corrected chi connectivity index (χ4v) is 2.41. The lowest BCUT2D eigenvalue weighted by atomic mass is 9.64. The minimum atomic E-state index is -0.982. The Morgan fingerprint density at radius 3 is 2.38 bits per heavy atom. The summed E-state index contributed by atoms with van der Waals surface area (Å²) in [7, 11) is 1.59. The van der Waals surface area contributed by atoms with Crippen molar-refractivity contribution in [3.63, 3.8) is 0 Å². The van der Waals surface area contributed by atoms with Crippen LogP contribution in [-0.4, -0.2) is 23.2 Å². The van der Waals surface area contributed by atoms with Gasteiger partial charge < -0.3 is 9.84 Å². The van der Waals surface area contributed by atoms with Crippen LogP contribution in [0.3, 0.4) is 0 Å². The number of carbonyl (C=O) groups is 1. The molecule has 0 amide bonds. The highest BCUT2D eigenvalue weighted by Gasteiger charge is 2.46. The number of benzene rings is 1. The lowest BCUT2D eigenvalue weighted by molar-refractivity contribution is -0.147. The molecule has 1 heterocycles. The summed E-state index contributed by atoms with van der Waals surface area (Å²) in [4.78, 5) is 16.2. The molecule has 112 valence electrons. The van der Waals surface area contributed by atoms with Crippen molar-refractivity contribution in [1.29, 1.82) is 0 Å². The second-order valence-electron chi connectivity index (χ2n) is 6.46. The number of carboxylic acids is 1. The Hall–Kier alpha value is -2.10. The second kappa shape index (κ2) is 5.02. The van der Waals surface area contributed by atoms with Crippen molar-refractivity contribution in [2.24, 2.45) is 5.41 Å². The molecular formula is C17H21NO3. The van der Waals surface area contributed by atoms with Gasteiger partial charge in [-0.2, -0.15) is 0 Å². The quantitative estimate of drug-likeness (QED) is 0.936. The van der Waals surface area contributed by atoms with Crippen molar-refractivity contribution < 1.29 is 14.6 Å². The number of rotatable bonds is 3. The van der Waals surface area contributed by atoms with Crippen molar-refractivity contribution in [3.05, 3.63) is 36.0 Å². The molecule has 0 saturated carbocycles. The zero-order chi connectivity index (χ0) is 15.8. The maximum Gasteiger partial charge on any atom is 0.314 e. The Bertz CT molecular complexity index is 688. The summed E-state index contributed by atoms with van der Waals surface area (Å²) in [5.74, 6) is -0.169. The summed E-state index contributed by atoms with van der Waals surface area (Å²) in [6.45, 7) is 7.59. The first kappa shape index (κ1) is 15.3. The van der Waals surface area contributed by atoms with Gasteiger partial charge in [-0.05, 0) is 36.1 Å². The molecule has 1 atom stereocenters. The zero-order valence-electron chi connectivity index (χ0n) is 13.1. The number of hydrogen-bond donors (Lipinski definition) is 1. The predicted octanol–water partition coefficient (Wildman–Crippen LogP) is 3.63. The maximum absolute atomic E-state index is 11.9. The molecule has 0 radical (unpaired) electrons. The smallest absolute Gasteiger partial charge is 0.314 e. The minimum absolute atomic E-state index is 0.418. The number of carboxylic acid groups (broad SMARTS) is 1. The van der Waals surface area contributed by atoms with Crippen LogP contribution in [0, 0.1) is 5.41 Å². The number of hydrogen-bond acceptors (Lipinski definition) is 3. The van der Waals surface area contributed by atoms with Crippen molar-refractivity contribution in [2.75, 3.05) is 7.11 Å². The third-order valence-corrected chi connectivity index (χ3v) is 4.40. The molecule has 1 aromatic heterocycles. The molecule has 0 saturated heterocycles. The number of methoxy groups -OCH3 is 1. The molecule has 1 aromatic carbocycles. The number of aliphatic carboxylic acids is 1. The van der Waals surface area contributed by atoms with E-state index in [0.29, 0.717) is 5.75 Å². The lowest BCUT2D eigenvalue weighted by Gasteiger charge is -2.38. The van der Waals surface area contributed by atoms with Crippen LogP contribution < -0.4 is 4.74 Å². The molecule has 2 aromatic rings. The topological polar surface area (TPSA) is 59.4 Å². The zero-order valence-corrected chi connectivity index (χ0v) is 13.1. The summed E-state index contributed by atoms with van der Waals surface area (Å²) in [5.41, 5.74) is 0.189. The number of pyridine rings is 1. The Balaban J connectivity index is 2.67. The normalized spacial score (nSPS) is 14.7. The Labute approximate surface area is 124 Å². The van der Waals surface area contributed by atoms with E-state index >= 15 is 0 Å². The summed E-state index contributed by atoms with van der Waals surface area (Å²) in [6.07, 6.45) is 1.65. The van der Waals surface area contributed by atoms with Gasteiger partial charge in [-0.3, -0.25) is 9.78 Å². The first-order chi connectivity index (χ1) is 9.70. The van der Waals surface area contributed by atoms with Gasteiger partial charge in [-0.25, -0.2) is 0 Å². The highest BCUT2D eigenvalue weighted by molar-refractivity contribution is 5.86. The third-order valence-electron chi connectivity index (χ3n) is 4.40. The molecule has 21 heavy (non-hydrogen) atoms. The summed E-state index contributed by atoms with van der Waals surface area (Å²) >= 11 is 0. The first-order valence-electron chi connectivity index (χ1n) is 6.88. The van der Waals surface area contributed by atoms with E-state index in [-0.39, 0.29) is 0 Å². The van der Waals surface area contributed by atoms with Gasteiger partial charge in [0.2, 0.25) is 0 Å². The largest absolute Gasteiger partial charge is 0.495 e. The van der Waals surface area contributed by atoms with E-state index in [4.69, 9.17) is 4.74 Å². The van der Waals surface area contributed by atoms with E-state index in [9.17, 15) is 9.90 Å². The van der Waals surface area contributed by atoms with E-state index < -0.39 is 16.8 Å². The van der Waals surface area contributed by atoms with E-state index in [1.807, 2.05) is 45.0 Å². The monoisotopic (exact) mass is 287 g/mol. The summed E-state index contributed by atoms with van der Waals surface area (Å²) < 4.78 is 5.18. The molecule has 2 rings (SSSR count). The van der Waals surface area contributed by atoms with Crippen molar-refractivity contribution in [2.45, 2.75) is 33.1 Å². The predicted molar refractivity (Wildman–Crippen MR) is 82.7 cm³/mol. The molecule has 1 N–H and O–H groups in total. The first-order valence-corrected chi connectivity index (χ1v) is 6.88. The van der Waals surface area contributed by atoms with Gasteiger partial charge in [-0.15, -0.1) is 0 Å². The van der Waals surface area contributed by atoms with Gasteiger partial charge in [-0.1, -0.05) is 26.8 Å². The number of nitrogens with zero attached hydrogens (tertiary/aromatic N) is 1. The second-order valence-corrected chi connectivity index (χ2v) is 6.46. The average Bonchev–Trinajstić information content (AvgIpc) is 2.43. The lowest BCUT2D eigenvalue weighted by Crippen LogP contribution is -2.44. The standard InChI is InChI=1S/C17H21NO3/c1-16(2,3)17(4,15(19)20)12-6-7-14-11(8-12)9-13(21-5)10-18-14/h6-10H,1-5H3,(H,19,20). The summed E-state index contributed by atoms with van der Waals surface area (Å²) in [5, 5.41) is 10.6. The third kappa shape index (κ3) is 2.46. The van der Waals surface area contributed by atoms with E-state index in [1.54, 1.807) is 20.2 Å². The molecule has 0 spiro atoms. The highest BCUT2D eigenvalue weighted by Crippen LogP contribution is 2.42. The molecule has 0 aliphatic rings. The van der Waals surface area contributed by atoms with Gasteiger partial charge >= 0.3 is 5.97 Å². The maximum atomic E-state index is 11.9.